The highest BCUT2D eigenvalue weighted by atomic mass is 16.5. The van der Waals surface area contributed by atoms with Crippen LogP contribution in [0.1, 0.15) is 35.4 Å². The van der Waals surface area contributed by atoms with Crippen LogP contribution in [0.2, 0.25) is 0 Å². The Balaban J connectivity index is 1.40. The predicted molar refractivity (Wildman–Crippen MR) is 134 cm³/mol. The number of anilines is 1. The van der Waals surface area contributed by atoms with Crippen molar-refractivity contribution in [3.63, 3.8) is 0 Å². The van der Waals surface area contributed by atoms with Gasteiger partial charge in [0.1, 0.15) is 18.2 Å². The first-order valence-electron chi connectivity index (χ1n) is 11.8. The summed E-state index contributed by atoms with van der Waals surface area (Å²) in [7, 11) is 0. The summed E-state index contributed by atoms with van der Waals surface area (Å²) in [5, 5.41) is 9.73. The highest BCUT2D eigenvalue weighted by molar-refractivity contribution is 5.86. The maximum atomic E-state index is 13.5. The third-order valence-corrected chi connectivity index (χ3v) is 7.29. The topological polar surface area (TPSA) is 119 Å². The highest BCUT2D eigenvalue weighted by Crippen LogP contribution is 2.44. The van der Waals surface area contributed by atoms with Crippen molar-refractivity contribution in [1.82, 2.24) is 0 Å². The summed E-state index contributed by atoms with van der Waals surface area (Å²) < 4.78 is 5.90. The van der Waals surface area contributed by atoms with E-state index in [2.05, 4.69) is 24.3 Å². The Morgan fingerprint density at radius 1 is 0.971 bits per heavy atom. The fourth-order valence-electron chi connectivity index (χ4n) is 5.27. The van der Waals surface area contributed by atoms with Gasteiger partial charge in [-0.15, -0.1) is 0 Å². The lowest BCUT2D eigenvalue weighted by molar-refractivity contribution is -0.149. The molecule has 7 nitrogen and oxygen atoms in total. The maximum absolute atomic E-state index is 13.5. The van der Waals surface area contributed by atoms with Crippen LogP contribution in [0.25, 0.3) is 11.1 Å². The molecule has 1 fully saturated rings. The molecule has 1 aliphatic heterocycles. The molecule has 5 N–H and O–H groups in total. The number of rotatable bonds is 6. The largest absolute Gasteiger partial charge is 0.480 e. The van der Waals surface area contributed by atoms with E-state index in [-0.39, 0.29) is 25.4 Å². The highest BCUT2D eigenvalue weighted by Gasteiger charge is 2.46. The minimum Gasteiger partial charge on any atom is -0.480 e. The smallest absolute Gasteiger partial charge is 0.328 e. The second-order valence-electron chi connectivity index (χ2n) is 9.35. The molecule has 2 unspecified atom stereocenters. The van der Waals surface area contributed by atoms with Crippen molar-refractivity contribution >= 4 is 17.6 Å². The number of hydrogen-bond acceptors (Lipinski definition) is 6. The van der Waals surface area contributed by atoms with Gasteiger partial charge in [-0.05, 0) is 46.4 Å². The van der Waals surface area contributed by atoms with E-state index >= 15 is 0 Å². The molecule has 0 amide bonds. The van der Waals surface area contributed by atoms with Gasteiger partial charge in [-0.3, -0.25) is 4.79 Å². The Morgan fingerprint density at radius 3 is 2.14 bits per heavy atom. The molecule has 0 bridgehead atoms. The zero-order chi connectivity index (χ0) is 24.6. The van der Waals surface area contributed by atoms with Gasteiger partial charge < -0.3 is 26.2 Å². The first-order chi connectivity index (χ1) is 16.9. The van der Waals surface area contributed by atoms with Crippen LogP contribution >= 0.6 is 0 Å². The predicted octanol–water partition coefficient (Wildman–Crippen LogP) is 3.25. The molecule has 0 radical (unpaired) electrons. The molecular formula is C28H29N3O4. The van der Waals surface area contributed by atoms with Crippen molar-refractivity contribution in [2.24, 2.45) is 11.5 Å². The second kappa shape index (κ2) is 9.17. The van der Waals surface area contributed by atoms with Gasteiger partial charge >= 0.3 is 11.9 Å². The second-order valence-corrected chi connectivity index (χ2v) is 9.35. The number of carboxylic acids is 1. The van der Waals surface area contributed by atoms with Crippen molar-refractivity contribution < 1.29 is 19.4 Å². The van der Waals surface area contributed by atoms with Crippen LogP contribution < -0.4 is 16.4 Å². The molecule has 3 aromatic rings. The summed E-state index contributed by atoms with van der Waals surface area (Å²) in [4.78, 5) is 27.3. The summed E-state index contributed by atoms with van der Waals surface area (Å²) in [6, 6.07) is 23.1. The molecule has 2 atom stereocenters. The lowest BCUT2D eigenvalue weighted by atomic mass is 9.83. The number of benzene rings is 3. The van der Waals surface area contributed by atoms with Gasteiger partial charge in [-0.1, -0.05) is 60.7 Å². The number of carbonyl (C=O) groups is 2. The molecule has 180 valence electrons. The Labute approximate surface area is 204 Å². The standard InChI is InChI=1S/C28H29N3O4/c29-16-18-9-11-19(12-10-18)31-14-13-28(30,27(33)34)15-25(31)26(32)35-17-24-22-7-3-1-5-20(22)21-6-2-4-8-23(21)24/h1-12,24-25H,13-17,29-30H2,(H,33,34). The van der Waals surface area contributed by atoms with E-state index in [1.165, 1.54) is 0 Å². The molecular weight excluding hydrogens is 442 g/mol. The van der Waals surface area contributed by atoms with E-state index < -0.39 is 23.5 Å². The van der Waals surface area contributed by atoms with Crippen LogP contribution in [-0.2, 0) is 20.9 Å². The first-order valence-corrected chi connectivity index (χ1v) is 11.8. The van der Waals surface area contributed by atoms with Gasteiger partial charge in [0.2, 0.25) is 0 Å². The van der Waals surface area contributed by atoms with E-state index in [1.54, 1.807) is 0 Å². The fraction of sp³-hybridized carbons (Fsp3) is 0.286. The van der Waals surface area contributed by atoms with E-state index in [9.17, 15) is 14.7 Å². The van der Waals surface area contributed by atoms with Gasteiger partial charge in [0, 0.05) is 31.1 Å². The summed E-state index contributed by atoms with van der Waals surface area (Å²) in [5.74, 6) is -1.65. The van der Waals surface area contributed by atoms with Crippen molar-refractivity contribution in [2.45, 2.75) is 36.9 Å². The van der Waals surface area contributed by atoms with Crippen LogP contribution in [0.4, 0.5) is 5.69 Å². The minimum atomic E-state index is -1.48. The third-order valence-electron chi connectivity index (χ3n) is 7.29. The van der Waals surface area contributed by atoms with E-state index in [1.807, 2.05) is 53.4 Å². The molecule has 0 aromatic heterocycles. The molecule has 1 saturated heterocycles. The lowest BCUT2D eigenvalue weighted by Gasteiger charge is -2.42. The van der Waals surface area contributed by atoms with E-state index in [0.717, 1.165) is 33.5 Å². The monoisotopic (exact) mass is 471 g/mol. The Morgan fingerprint density at radius 2 is 1.57 bits per heavy atom. The zero-order valence-corrected chi connectivity index (χ0v) is 19.4. The minimum absolute atomic E-state index is 0.0301. The fourth-order valence-corrected chi connectivity index (χ4v) is 5.27. The number of nitrogens with zero attached hydrogens (tertiary/aromatic N) is 1. The van der Waals surface area contributed by atoms with Crippen LogP contribution in [0.15, 0.2) is 72.8 Å². The normalized spacial score (nSPS) is 21.3. The third kappa shape index (κ3) is 4.17. The zero-order valence-electron chi connectivity index (χ0n) is 19.4. The first kappa shape index (κ1) is 23.1. The quantitative estimate of drug-likeness (QED) is 0.472. The number of carbonyl (C=O) groups excluding carboxylic acids is 1. The Hall–Kier alpha value is -3.68. The van der Waals surface area contributed by atoms with E-state index in [0.29, 0.717) is 13.1 Å². The SMILES string of the molecule is NCc1ccc(N2CCC(N)(C(=O)O)CC2C(=O)OCC2c3ccccc3-c3ccccc32)cc1. The maximum Gasteiger partial charge on any atom is 0.328 e. The van der Waals surface area contributed by atoms with Crippen LogP contribution in [-0.4, -0.2) is 41.8 Å². The molecule has 1 aliphatic carbocycles. The summed E-state index contributed by atoms with van der Waals surface area (Å²) >= 11 is 0. The summed E-state index contributed by atoms with van der Waals surface area (Å²) in [6.07, 6.45) is 0.200. The molecule has 1 heterocycles. The number of esters is 1. The van der Waals surface area contributed by atoms with Crippen molar-refractivity contribution in [3.05, 3.63) is 89.5 Å². The molecule has 5 rings (SSSR count). The molecule has 35 heavy (non-hydrogen) atoms. The molecule has 3 aromatic carbocycles. The number of fused-ring (bicyclic) bond motifs is 3. The Bertz CT molecular complexity index is 1210. The van der Waals surface area contributed by atoms with Crippen LogP contribution in [0.5, 0.6) is 0 Å². The number of carboxylic acid groups (broad SMARTS) is 1. The number of nitrogens with two attached hydrogens (primary N) is 2. The van der Waals surface area contributed by atoms with E-state index in [4.69, 9.17) is 16.2 Å². The average molecular weight is 472 g/mol. The average Bonchev–Trinajstić information content (AvgIpc) is 3.21. The molecule has 0 spiro atoms. The van der Waals surface area contributed by atoms with Crippen molar-refractivity contribution in [3.8, 4) is 11.1 Å². The number of ether oxygens (including phenoxy) is 1. The van der Waals surface area contributed by atoms with Gasteiger partial charge in [0.25, 0.3) is 0 Å². The Kier molecular flexibility index (Phi) is 6.05. The summed E-state index contributed by atoms with van der Waals surface area (Å²) in [5.41, 5.74) is 16.8. The van der Waals surface area contributed by atoms with Gasteiger partial charge in [0.05, 0.1) is 0 Å². The number of aliphatic carboxylic acids is 1. The number of hydrogen-bond donors (Lipinski definition) is 3. The lowest BCUT2D eigenvalue weighted by Crippen LogP contribution is -2.61. The van der Waals surface area contributed by atoms with Gasteiger partial charge in [-0.25, -0.2) is 4.79 Å². The number of piperidine rings is 1. The van der Waals surface area contributed by atoms with Gasteiger partial charge in [0.15, 0.2) is 0 Å². The van der Waals surface area contributed by atoms with Crippen LogP contribution in [0, 0.1) is 0 Å². The van der Waals surface area contributed by atoms with Crippen molar-refractivity contribution in [1.29, 1.82) is 0 Å². The summed E-state index contributed by atoms with van der Waals surface area (Å²) in [6.45, 7) is 0.925. The van der Waals surface area contributed by atoms with Crippen LogP contribution in [0.3, 0.4) is 0 Å². The van der Waals surface area contributed by atoms with Crippen molar-refractivity contribution in [2.75, 3.05) is 18.1 Å². The molecule has 0 saturated carbocycles. The molecule has 7 heteroatoms. The van der Waals surface area contributed by atoms with Gasteiger partial charge in [-0.2, -0.15) is 0 Å². The molecule has 2 aliphatic rings.